The first-order chi connectivity index (χ1) is 8.08. The van der Waals surface area contributed by atoms with Crippen LogP contribution in [0, 0.1) is 21.8 Å². The van der Waals surface area contributed by atoms with Gasteiger partial charge in [0.05, 0.1) is 16.7 Å². The average molecular weight is 238 g/mol. The van der Waals surface area contributed by atoms with Crippen LogP contribution < -0.4 is 4.90 Å². The predicted octanol–water partition coefficient (Wildman–Crippen LogP) is 2.97. The molecule has 2 rings (SSSR count). The SMILES string of the molecule is CC1CCN(c2ccc([N+](=O)[O-])cc2F)CC1. The summed E-state index contributed by atoms with van der Waals surface area (Å²) in [4.78, 5) is 11.9. The van der Waals surface area contributed by atoms with Crippen LogP contribution in [0.1, 0.15) is 19.8 Å². The first-order valence-electron chi connectivity index (χ1n) is 5.77. The van der Waals surface area contributed by atoms with Crippen LogP contribution in [0.2, 0.25) is 0 Å². The molecule has 0 atom stereocenters. The molecule has 1 aromatic rings. The van der Waals surface area contributed by atoms with Crippen molar-refractivity contribution in [3.63, 3.8) is 0 Å². The van der Waals surface area contributed by atoms with Crippen LogP contribution in [0.5, 0.6) is 0 Å². The molecule has 0 saturated carbocycles. The van der Waals surface area contributed by atoms with Crippen molar-refractivity contribution in [2.45, 2.75) is 19.8 Å². The van der Waals surface area contributed by atoms with Gasteiger partial charge in [-0.05, 0) is 24.8 Å². The van der Waals surface area contributed by atoms with Crippen molar-refractivity contribution in [2.24, 2.45) is 5.92 Å². The highest BCUT2D eigenvalue weighted by Crippen LogP contribution is 2.27. The number of halogens is 1. The predicted molar refractivity (Wildman–Crippen MR) is 63.7 cm³/mol. The van der Waals surface area contributed by atoms with Gasteiger partial charge < -0.3 is 4.90 Å². The van der Waals surface area contributed by atoms with Crippen LogP contribution in [0.15, 0.2) is 18.2 Å². The van der Waals surface area contributed by atoms with Crippen molar-refractivity contribution in [1.82, 2.24) is 0 Å². The Morgan fingerprint density at radius 2 is 2.06 bits per heavy atom. The summed E-state index contributed by atoms with van der Waals surface area (Å²) in [6.07, 6.45) is 2.08. The van der Waals surface area contributed by atoms with Crippen LogP contribution >= 0.6 is 0 Å². The molecule has 0 radical (unpaired) electrons. The largest absolute Gasteiger partial charge is 0.369 e. The number of non-ortho nitro benzene ring substituents is 1. The van der Waals surface area contributed by atoms with Gasteiger partial charge in [0.2, 0.25) is 0 Å². The van der Waals surface area contributed by atoms with Crippen molar-refractivity contribution >= 4 is 11.4 Å². The van der Waals surface area contributed by atoms with Crippen LogP contribution in [0.3, 0.4) is 0 Å². The molecule has 0 amide bonds. The van der Waals surface area contributed by atoms with Crippen molar-refractivity contribution in [3.8, 4) is 0 Å². The highest BCUT2D eigenvalue weighted by molar-refractivity contribution is 5.52. The quantitative estimate of drug-likeness (QED) is 0.587. The summed E-state index contributed by atoms with van der Waals surface area (Å²) in [5.74, 6) is 0.168. The van der Waals surface area contributed by atoms with Gasteiger partial charge in [0.25, 0.3) is 5.69 Å². The first-order valence-corrected chi connectivity index (χ1v) is 5.77. The third-order valence-corrected chi connectivity index (χ3v) is 3.27. The Morgan fingerprint density at radius 3 is 2.59 bits per heavy atom. The van der Waals surface area contributed by atoms with E-state index in [1.807, 2.05) is 4.90 Å². The maximum Gasteiger partial charge on any atom is 0.272 e. The molecule has 1 heterocycles. The lowest BCUT2D eigenvalue weighted by Crippen LogP contribution is -2.33. The van der Waals surface area contributed by atoms with Gasteiger partial charge in [-0.25, -0.2) is 4.39 Å². The van der Waals surface area contributed by atoms with Gasteiger partial charge >= 0.3 is 0 Å². The molecule has 1 aliphatic heterocycles. The summed E-state index contributed by atoms with van der Waals surface area (Å²) < 4.78 is 13.7. The lowest BCUT2D eigenvalue weighted by molar-refractivity contribution is -0.385. The molecule has 4 nitrogen and oxygen atoms in total. The Morgan fingerprint density at radius 1 is 1.41 bits per heavy atom. The third kappa shape index (κ3) is 2.54. The number of nitro groups is 1. The standard InChI is InChI=1S/C12H15FN2O2/c1-9-4-6-14(7-5-9)12-3-2-10(15(16)17)8-11(12)13/h2-3,8-9H,4-7H2,1H3. The lowest BCUT2D eigenvalue weighted by Gasteiger charge is -2.32. The number of hydrogen-bond donors (Lipinski definition) is 0. The van der Waals surface area contributed by atoms with Crippen molar-refractivity contribution in [2.75, 3.05) is 18.0 Å². The van der Waals surface area contributed by atoms with Gasteiger partial charge in [0.15, 0.2) is 5.82 Å². The number of rotatable bonds is 2. The summed E-state index contributed by atoms with van der Waals surface area (Å²) in [6.45, 7) is 3.81. The second-order valence-electron chi connectivity index (χ2n) is 4.56. The molecular weight excluding hydrogens is 223 g/mol. The van der Waals surface area contributed by atoms with E-state index in [2.05, 4.69) is 6.92 Å². The fraction of sp³-hybridized carbons (Fsp3) is 0.500. The summed E-state index contributed by atoms with van der Waals surface area (Å²) in [7, 11) is 0. The monoisotopic (exact) mass is 238 g/mol. The van der Waals surface area contributed by atoms with E-state index < -0.39 is 10.7 Å². The molecule has 0 spiro atoms. The molecule has 5 heteroatoms. The van der Waals surface area contributed by atoms with Gasteiger partial charge in [-0.2, -0.15) is 0 Å². The van der Waals surface area contributed by atoms with Crippen molar-refractivity contribution < 1.29 is 9.31 Å². The number of piperidine rings is 1. The lowest BCUT2D eigenvalue weighted by atomic mass is 9.99. The van der Waals surface area contributed by atoms with E-state index in [4.69, 9.17) is 0 Å². The van der Waals surface area contributed by atoms with Crippen LogP contribution in [0.4, 0.5) is 15.8 Å². The van der Waals surface area contributed by atoms with Crippen LogP contribution in [0.25, 0.3) is 0 Å². The Labute approximate surface area is 99.2 Å². The minimum Gasteiger partial charge on any atom is -0.369 e. The zero-order valence-electron chi connectivity index (χ0n) is 9.73. The van der Waals surface area contributed by atoms with Crippen LogP contribution in [-0.2, 0) is 0 Å². The number of nitrogens with zero attached hydrogens (tertiary/aromatic N) is 2. The Hall–Kier alpha value is -1.65. The summed E-state index contributed by atoms with van der Waals surface area (Å²) in [5, 5.41) is 10.5. The van der Waals surface area contributed by atoms with Gasteiger partial charge in [0.1, 0.15) is 0 Å². The average Bonchev–Trinajstić information content (AvgIpc) is 2.30. The molecule has 0 N–H and O–H groups in total. The minimum absolute atomic E-state index is 0.198. The van der Waals surface area contributed by atoms with Gasteiger partial charge in [-0.15, -0.1) is 0 Å². The fourth-order valence-corrected chi connectivity index (χ4v) is 2.12. The molecule has 1 saturated heterocycles. The van der Waals surface area contributed by atoms with Crippen molar-refractivity contribution in [3.05, 3.63) is 34.1 Å². The number of benzene rings is 1. The second kappa shape index (κ2) is 4.69. The Balaban J connectivity index is 2.19. The van der Waals surface area contributed by atoms with E-state index in [9.17, 15) is 14.5 Å². The van der Waals surface area contributed by atoms with E-state index >= 15 is 0 Å². The first kappa shape index (κ1) is 11.8. The fourth-order valence-electron chi connectivity index (χ4n) is 2.12. The molecular formula is C12H15FN2O2. The smallest absolute Gasteiger partial charge is 0.272 e. The third-order valence-electron chi connectivity index (χ3n) is 3.27. The van der Waals surface area contributed by atoms with Crippen molar-refractivity contribution in [1.29, 1.82) is 0 Å². The van der Waals surface area contributed by atoms with Gasteiger partial charge in [-0.3, -0.25) is 10.1 Å². The summed E-state index contributed by atoms with van der Waals surface area (Å²) >= 11 is 0. The molecule has 1 aliphatic rings. The van der Waals surface area contributed by atoms with E-state index in [-0.39, 0.29) is 5.69 Å². The normalized spacial score (nSPS) is 17.2. The molecule has 0 bridgehead atoms. The number of hydrogen-bond acceptors (Lipinski definition) is 3. The number of nitro benzene ring substituents is 1. The molecule has 1 aromatic carbocycles. The van der Waals surface area contributed by atoms with E-state index in [1.165, 1.54) is 12.1 Å². The maximum absolute atomic E-state index is 13.7. The molecule has 0 aliphatic carbocycles. The molecule has 0 aromatic heterocycles. The van der Waals surface area contributed by atoms with E-state index in [0.29, 0.717) is 11.6 Å². The topological polar surface area (TPSA) is 46.4 Å². The minimum atomic E-state index is -0.578. The summed E-state index contributed by atoms with van der Waals surface area (Å²) in [6, 6.07) is 3.85. The second-order valence-corrected chi connectivity index (χ2v) is 4.56. The van der Waals surface area contributed by atoms with E-state index in [0.717, 1.165) is 32.0 Å². The zero-order valence-corrected chi connectivity index (χ0v) is 9.73. The maximum atomic E-state index is 13.7. The Kier molecular flexibility index (Phi) is 3.26. The van der Waals surface area contributed by atoms with Gasteiger partial charge in [0, 0.05) is 19.2 Å². The summed E-state index contributed by atoms with van der Waals surface area (Å²) in [5.41, 5.74) is 0.277. The Bertz CT molecular complexity index is 429. The highest BCUT2D eigenvalue weighted by atomic mass is 19.1. The highest BCUT2D eigenvalue weighted by Gasteiger charge is 2.20. The molecule has 17 heavy (non-hydrogen) atoms. The van der Waals surface area contributed by atoms with Crippen LogP contribution in [-0.4, -0.2) is 18.0 Å². The number of anilines is 1. The van der Waals surface area contributed by atoms with Gasteiger partial charge in [-0.1, -0.05) is 6.92 Å². The van der Waals surface area contributed by atoms with E-state index in [1.54, 1.807) is 0 Å². The molecule has 0 unspecified atom stereocenters. The molecule has 1 fully saturated rings. The zero-order chi connectivity index (χ0) is 12.4. The molecule has 92 valence electrons.